The first-order valence-corrected chi connectivity index (χ1v) is 4.15. The molecule has 72 valence electrons. The van der Waals surface area contributed by atoms with Gasteiger partial charge in [-0.3, -0.25) is 0 Å². The maximum atomic E-state index is 13.0. The molecule has 0 unspecified atom stereocenters. The lowest BCUT2D eigenvalue weighted by Gasteiger charge is -2.00. The van der Waals surface area contributed by atoms with Gasteiger partial charge in [0.25, 0.3) is 0 Å². The van der Waals surface area contributed by atoms with Crippen LogP contribution in [0.25, 0.3) is 10.9 Å². The van der Waals surface area contributed by atoms with E-state index in [4.69, 9.17) is 4.42 Å². The van der Waals surface area contributed by atoms with Crippen LogP contribution in [0.5, 0.6) is 0 Å². The van der Waals surface area contributed by atoms with Gasteiger partial charge in [0.05, 0.1) is 10.9 Å². The van der Waals surface area contributed by atoms with Crippen LogP contribution in [0.15, 0.2) is 21.3 Å². The van der Waals surface area contributed by atoms with Crippen LogP contribution in [0.4, 0.5) is 4.39 Å². The third-order valence-corrected chi connectivity index (χ3v) is 1.99. The Labute approximate surface area is 79.2 Å². The predicted octanol–water partition coefficient (Wildman–Crippen LogP) is 1.94. The average Bonchev–Trinajstić information content (AvgIpc) is 2.07. The monoisotopic (exact) mass is 193 g/mol. The maximum absolute atomic E-state index is 13.0. The molecule has 0 fully saturated rings. The van der Waals surface area contributed by atoms with E-state index in [1.165, 1.54) is 6.07 Å². The van der Waals surface area contributed by atoms with E-state index in [0.29, 0.717) is 11.1 Å². The molecule has 3 nitrogen and oxygen atoms in total. The van der Waals surface area contributed by atoms with Gasteiger partial charge in [-0.2, -0.15) is 0 Å². The minimum atomic E-state index is -0.546. The van der Waals surface area contributed by atoms with Crippen molar-refractivity contribution in [3.63, 3.8) is 0 Å². The molecule has 1 aromatic carbocycles. The smallest absolute Gasteiger partial charge is 0.346 e. The number of benzene rings is 1. The molecule has 0 aliphatic carbocycles. The predicted molar refractivity (Wildman–Crippen MR) is 49.7 cm³/mol. The summed E-state index contributed by atoms with van der Waals surface area (Å²) in [7, 11) is 0. The summed E-state index contributed by atoms with van der Waals surface area (Å²) in [4.78, 5) is 15.4. The van der Waals surface area contributed by atoms with Crippen molar-refractivity contribution in [2.75, 3.05) is 0 Å². The molecule has 0 atom stereocenters. The number of aromatic nitrogens is 1. The van der Waals surface area contributed by atoms with Gasteiger partial charge in [0, 0.05) is 6.92 Å². The first kappa shape index (κ1) is 8.87. The molecule has 4 heteroatoms. The highest BCUT2D eigenvalue weighted by Crippen LogP contribution is 2.15. The number of fused-ring (bicyclic) bond motifs is 1. The van der Waals surface area contributed by atoms with Crippen molar-refractivity contribution in [3.05, 3.63) is 39.8 Å². The molecule has 2 aromatic rings. The molecular formula is C10H8FNO2. The van der Waals surface area contributed by atoms with Crippen molar-refractivity contribution in [1.82, 2.24) is 4.98 Å². The molecule has 0 amide bonds. The van der Waals surface area contributed by atoms with Gasteiger partial charge in [-0.25, -0.2) is 14.2 Å². The number of rotatable bonds is 0. The van der Waals surface area contributed by atoms with Crippen LogP contribution < -0.4 is 5.63 Å². The Bertz CT molecular complexity index is 560. The SMILES string of the molecule is Cc1nc2c(C)cc(F)cc2c(=O)o1. The van der Waals surface area contributed by atoms with E-state index in [1.54, 1.807) is 13.8 Å². The van der Waals surface area contributed by atoms with E-state index >= 15 is 0 Å². The van der Waals surface area contributed by atoms with E-state index in [2.05, 4.69) is 4.98 Å². The first-order valence-electron chi connectivity index (χ1n) is 4.15. The van der Waals surface area contributed by atoms with Gasteiger partial charge in [0.2, 0.25) is 0 Å². The number of nitrogens with zero attached hydrogens (tertiary/aromatic N) is 1. The van der Waals surface area contributed by atoms with Crippen LogP contribution >= 0.6 is 0 Å². The van der Waals surface area contributed by atoms with E-state index in [-0.39, 0.29) is 11.3 Å². The largest absolute Gasteiger partial charge is 0.408 e. The Kier molecular flexibility index (Phi) is 1.84. The van der Waals surface area contributed by atoms with Gasteiger partial charge in [-0.15, -0.1) is 0 Å². The highest BCUT2D eigenvalue weighted by Gasteiger charge is 2.07. The molecule has 0 bridgehead atoms. The summed E-state index contributed by atoms with van der Waals surface area (Å²) >= 11 is 0. The van der Waals surface area contributed by atoms with Gasteiger partial charge in [-0.1, -0.05) is 0 Å². The average molecular weight is 193 g/mol. The first-order chi connectivity index (χ1) is 6.58. The zero-order chi connectivity index (χ0) is 10.3. The maximum Gasteiger partial charge on any atom is 0.346 e. The van der Waals surface area contributed by atoms with E-state index in [9.17, 15) is 9.18 Å². The molecule has 0 spiro atoms. The quantitative estimate of drug-likeness (QED) is 0.642. The fourth-order valence-electron chi connectivity index (χ4n) is 1.41. The van der Waals surface area contributed by atoms with E-state index < -0.39 is 11.4 Å². The second-order valence-electron chi connectivity index (χ2n) is 3.14. The normalized spacial score (nSPS) is 10.8. The van der Waals surface area contributed by atoms with Crippen LogP contribution in [0, 0.1) is 19.7 Å². The van der Waals surface area contributed by atoms with Crippen molar-refractivity contribution in [2.24, 2.45) is 0 Å². The van der Waals surface area contributed by atoms with Crippen molar-refractivity contribution in [3.8, 4) is 0 Å². The van der Waals surface area contributed by atoms with Crippen molar-refractivity contribution < 1.29 is 8.81 Å². The molecule has 14 heavy (non-hydrogen) atoms. The van der Waals surface area contributed by atoms with Gasteiger partial charge in [0.1, 0.15) is 5.82 Å². The zero-order valence-electron chi connectivity index (χ0n) is 7.80. The molecule has 0 N–H and O–H groups in total. The molecule has 0 saturated carbocycles. The number of halogens is 1. The summed E-state index contributed by atoms with van der Waals surface area (Å²) in [5.74, 6) is -0.162. The lowest BCUT2D eigenvalue weighted by molar-refractivity contribution is 0.466. The highest BCUT2D eigenvalue weighted by molar-refractivity contribution is 5.80. The van der Waals surface area contributed by atoms with Crippen LogP contribution in [0.2, 0.25) is 0 Å². The number of hydrogen-bond acceptors (Lipinski definition) is 3. The fourth-order valence-corrected chi connectivity index (χ4v) is 1.41. The molecule has 0 aliphatic rings. The molecule has 0 saturated heterocycles. The summed E-state index contributed by atoms with van der Waals surface area (Å²) in [5, 5.41) is 0.188. The second-order valence-corrected chi connectivity index (χ2v) is 3.14. The second kappa shape index (κ2) is 2.90. The fraction of sp³-hybridized carbons (Fsp3) is 0.200. The zero-order valence-corrected chi connectivity index (χ0v) is 7.80. The third-order valence-electron chi connectivity index (χ3n) is 1.99. The Morgan fingerprint density at radius 2 is 2.07 bits per heavy atom. The van der Waals surface area contributed by atoms with Gasteiger partial charge < -0.3 is 4.42 Å². The Hall–Kier alpha value is -1.71. The molecule has 0 radical (unpaired) electrons. The summed E-state index contributed by atoms with van der Waals surface area (Å²) < 4.78 is 17.7. The summed E-state index contributed by atoms with van der Waals surface area (Å²) in [5.41, 5.74) is 0.589. The third kappa shape index (κ3) is 1.28. The molecule has 1 heterocycles. The van der Waals surface area contributed by atoms with Crippen molar-refractivity contribution in [1.29, 1.82) is 0 Å². The van der Waals surface area contributed by atoms with Gasteiger partial charge in [0.15, 0.2) is 5.89 Å². The van der Waals surface area contributed by atoms with E-state index in [1.807, 2.05) is 0 Å². The Morgan fingerprint density at radius 3 is 2.79 bits per heavy atom. The summed E-state index contributed by atoms with van der Waals surface area (Å²) in [6, 6.07) is 2.48. The summed E-state index contributed by atoms with van der Waals surface area (Å²) in [6.45, 7) is 3.29. The molecular weight excluding hydrogens is 185 g/mol. The van der Waals surface area contributed by atoms with Crippen LogP contribution in [-0.2, 0) is 0 Å². The lowest BCUT2D eigenvalue weighted by atomic mass is 10.1. The molecule has 0 aliphatic heterocycles. The van der Waals surface area contributed by atoms with Crippen LogP contribution in [-0.4, -0.2) is 4.98 Å². The van der Waals surface area contributed by atoms with Crippen LogP contribution in [0.3, 0.4) is 0 Å². The van der Waals surface area contributed by atoms with Crippen molar-refractivity contribution >= 4 is 10.9 Å². The van der Waals surface area contributed by atoms with Crippen LogP contribution in [0.1, 0.15) is 11.5 Å². The Balaban J connectivity index is 3.02. The van der Waals surface area contributed by atoms with Gasteiger partial charge >= 0.3 is 5.63 Å². The lowest BCUT2D eigenvalue weighted by Crippen LogP contribution is -2.04. The minimum Gasteiger partial charge on any atom is -0.408 e. The topological polar surface area (TPSA) is 43.1 Å². The van der Waals surface area contributed by atoms with Gasteiger partial charge in [-0.05, 0) is 24.6 Å². The summed E-state index contributed by atoms with van der Waals surface area (Å²) in [6.07, 6.45) is 0. The standard InChI is InChI=1S/C10H8FNO2/c1-5-3-7(11)4-8-9(5)12-6(2)14-10(8)13/h3-4H,1-2H3. The van der Waals surface area contributed by atoms with E-state index in [0.717, 1.165) is 6.07 Å². The minimum absolute atomic E-state index is 0.188. The Morgan fingerprint density at radius 1 is 1.36 bits per heavy atom. The molecule has 1 aromatic heterocycles. The highest BCUT2D eigenvalue weighted by atomic mass is 19.1. The van der Waals surface area contributed by atoms with Crippen molar-refractivity contribution in [2.45, 2.75) is 13.8 Å². The number of aryl methyl sites for hydroxylation is 2. The number of hydrogen-bond donors (Lipinski definition) is 0. The molecule has 2 rings (SSSR count).